The number of allylic oxidation sites excluding steroid dienone is 1. The molecule has 16 heavy (non-hydrogen) atoms. The van der Waals surface area contributed by atoms with E-state index in [1.807, 2.05) is 0 Å². The summed E-state index contributed by atoms with van der Waals surface area (Å²) in [5.41, 5.74) is -0.325. The van der Waals surface area contributed by atoms with Crippen LogP contribution in [0.25, 0.3) is 6.08 Å². The first-order valence-electron chi connectivity index (χ1n) is 4.38. The van der Waals surface area contributed by atoms with Crippen molar-refractivity contribution in [2.75, 3.05) is 0 Å². The Morgan fingerprint density at radius 2 is 1.94 bits per heavy atom. The lowest BCUT2D eigenvalue weighted by Gasteiger charge is -2.02. The van der Waals surface area contributed by atoms with Gasteiger partial charge in [0.2, 0.25) is 0 Å². The van der Waals surface area contributed by atoms with Gasteiger partial charge >= 0.3 is 5.97 Å². The van der Waals surface area contributed by atoms with E-state index in [0.29, 0.717) is 12.4 Å². The first-order chi connectivity index (χ1) is 7.56. The molecule has 3 nitrogen and oxygen atoms in total. The molecule has 0 aliphatic carbocycles. The maximum Gasteiger partial charge on any atom is 0.336 e. The van der Waals surface area contributed by atoms with Crippen LogP contribution in [0.5, 0.6) is 0 Å². The predicted molar refractivity (Wildman–Crippen MR) is 53.0 cm³/mol. The number of rotatable bonds is 4. The van der Waals surface area contributed by atoms with Gasteiger partial charge in [0, 0.05) is 6.42 Å². The maximum atomic E-state index is 12.9. The number of aromatic carboxylic acids is 1. The number of carboxylic acids is 1. The molecule has 84 valence electrons. The van der Waals surface area contributed by atoms with Crippen LogP contribution in [0.4, 0.5) is 8.78 Å². The third-order valence-corrected chi connectivity index (χ3v) is 1.85. The quantitative estimate of drug-likeness (QED) is 0.801. The van der Waals surface area contributed by atoms with E-state index < -0.39 is 17.6 Å². The standard InChI is InChI=1S/C11H8F2O3/c12-9-5-7(3-1-2-4-14)8(11(15)16)6-10(9)13/h1,3-6H,2H2,(H,15,16). The van der Waals surface area contributed by atoms with Gasteiger partial charge in [-0.15, -0.1) is 0 Å². The van der Waals surface area contributed by atoms with E-state index in [9.17, 15) is 18.4 Å². The van der Waals surface area contributed by atoms with Gasteiger partial charge in [0.25, 0.3) is 0 Å². The van der Waals surface area contributed by atoms with Crippen LogP contribution in [0.1, 0.15) is 22.3 Å². The Bertz CT molecular complexity index is 453. The smallest absolute Gasteiger partial charge is 0.336 e. The van der Waals surface area contributed by atoms with Crippen molar-refractivity contribution in [2.24, 2.45) is 0 Å². The summed E-state index contributed by atoms with van der Waals surface area (Å²) in [5, 5.41) is 8.74. The normalized spacial score (nSPS) is 10.6. The summed E-state index contributed by atoms with van der Waals surface area (Å²) in [6.07, 6.45) is 3.32. The Hall–Kier alpha value is -2.04. The Labute approximate surface area is 90.0 Å². The lowest BCUT2D eigenvalue weighted by atomic mass is 10.1. The van der Waals surface area contributed by atoms with Crippen LogP contribution in [0.2, 0.25) is 0 Å². The van der Waals surface area contributed by atoms with Crippen LogP contribution < -0.4 is 0 Å². The maximum absolute atomic E-state index is 12.9. The summed E-state index contributed by atoms with van der Waals surface area (Å²) in [7, 11) is 0. The Kier molecular flexibility index (Phi) is 3.88. The lowest BCUT2D eigenvalue weighted by molar-refractivity contribution is -0.107. The molecule has 0 aliphatic rings. The third kappa shape index (κ3) is 2.73. The second-order valence-electron chi connectivity index (χ2n) is 2.96. The van der Waals surface area contributed by atoms with E-state index >= 15 is 0 Å². The van der Waals surface area contributed by atoms with E-state index in [4.69, 9.17) is 5.11 Å². The van der Waals surface area contributed by atoms with E-state index in [1.165, 1.54) is 12.2 Å². The number of halogens is 2. The van der Waals surface area contributed by atoms with E-state index in [1.54, 1.807) is 0 Å². The van der Waals surface area contributed by atoms with Crippen molar-refractivity contribution >= 4 is 18.3 Å². The van der Waals surface area contributed by atoms with Crippen LogP contribution in [-0.4, -0.2) is 17.4 Å². The Morgan fingerprint density at radius 3 is 2.50 bits per heavy atom. The van der Waals surface area contributed by atoms with Gasteiger partial charge in [-0.2, -0.15) is 0 Å². The first-order valence-corrected chi connectivity index (χ1v) is 4.38. The number of hydrogen-bond acceptors (Lipinski definition) is 2. The zero-order chi connectivity index (χ0) is 12.1. The average Bonchev–Trinajstić information content (AvgIpc) is 2.23. The molecule has 0 bridgehead atoms. The Morgan fingerprint density at radius 1 is 1.31 bits per heavy atom. The number of carboxylic acid groups (broad SMARTS) is 1. The summed E-state index contributed by atoms with van der Waals surface area (Å²) in [6.45, 7) is 0. The predicted octanol–water partition coefficient (Wildman–Crippen LogP) is 2.27. The molecule has 1 aromatic rings. The molecule has 0 radical (unpaired) electrons. The van der Waals surface area contributed by atoms with E-state index in [0.717, 1.165) is 6.07 Å². The van der Waals surface area contributed by atoms with Gasteiger partial charge in [-0.1, -0.05) is 12.2 Å². The van der Waals surface area contributed by atoms with Crippen molar-refractivity contribution in [1.82, 2.24) is 0 Å². The highest BCUT2D eigenvalue weighted by Crippen LogP contribution is 2.16. The minimum absolute atomic E-state index is 0.0215. The summed E-state index contributed by atoms with van der Waals surface area (Å²) in [5.74, 6) is -3.70. The topological polar surface area (TPSA) is 54.4 Å². The molecule has 1 N–H and O–H groups in total. The summed E-state index contributed by atoms with van der Waals surface area (Å²) >= 11 is 0. The van der Waals surface area contributed by atoms with Gasteiger partial charge in [0.1, 0.15) is 6.29 Å². The van der Waals surface area contributed by atoms with E-state index in [2.05, 4.69) is 0 Å². The highest BCUT2D eigenvalue weighted by Gasteiger charge is 2.13. The third-order valence-electron chi connectivity index (χ3n) is 1.85. The molecule has 0 amide bonds. The van der Waals surface area contributed by atoms with Crippen LogP contribution in [0.3, 0.4) is 0 Å². The van der Waals surface area contributed by atoms with Crippen LogP contribution in [-0.2, 0) is 4.79 Å². The zero-order valence-corrected chi connectivity index (χ0v) is 8.11. The average molecular weight is 226 g/mol. The van der Waals surface area contributed by atoms with Gasteiger partial charge < -0.3 is 9.90 Å². The number of hydrogen-bond donors (Lipinski definition) is 1. The lowest BCUT2D eigenvalue weighted by Crippen LogP contribution is -2.02. The molecule has 0 aliphatic heterocycles. The molecule has 1 aromatic carbocycles. The fourth-order valence-corrected chi connectivity index (χ4v) is 1.14. The second-order valence-corrected chi connectivity index (χ2v) is 2.96. The van der Waals surface area contributed by atoms with E-state index in [-0.39, 0.29) is 17.5 Å². The second kappa shape index (κ2) is 5.16. The molecule has 1 rings (SSSR count). The van der Waals surface area contributed by atoms with Crippen molar-refractivity contribution in [1.29, 1.82) is 0 Å². The minimum atomic E-state index is -1.36. The van der Waals surface area contributed by atoms with Crippen molar-refractivity contribution in [2.45, 2.75) is 6.42 Å². The number of carbonyl (C=O) groups excluding carboxylic acids is 1. The van der Waals surface area contributed by atoms with Crippen LogP contribution in [0.15, 0.2) is 18.2 Å². The van der Waals surface area contributed by atoms with Crippen molar-refractivity contribution in [3.8, 4) is 0 Å². The molecular formula is C11H8F2O3. The molecule has 0 spiro atoms. The largest absolute Gasteiger partial charge is 0.478 e. The molecule has 0 aromatic heterocycles. The van der Waals surface area contributed by atoms with Gasteiger partial charge in [0.05, 0.1) is 5.56 Å². The summed E-state index contributed by atoms with van der Waals surface area (Å²) in [4.78, 5) is 20.8. The number of aldehydes is 1. The molecule has 0 saturated carbocycles. The molecule has 0 fully saturated rings. The van der Waals surface area contributed by atoms with Gasteiger partial charge in [-0.05, 0) is 17.7 Å². The SMILES string of the molecule is O=CCC=Cc1cc(F)c(F)cc1C(=O)O. The Balaban J connectivity index is 3.19. The van der Waals surface area contributed by atoms with Crippen LogP contribution in [0, 0.1) is 11.6 Å². The molecule has 0 heterocycles. The van der Waals surface area contributed by atoms with Crippen molar-refractivity contribution in [3.05, 3.63) is 41.0 Å². The highest BCUT2D eigenvalue weighted by molar-refractivity contribution is 5.92. The zero-order valence-electron chi connectivity index (χ0n) is 8.11. The monoisotopic (exact) mass is 226 g/mol. The molecule has 5 heteroatoms. The molecule has 0 unspecified atom stereocenters. The van der Waals surface area contributed by atoms with Crippen molar-refractivity contribution < 1.29 is 23.5 Å². The number of benzene rings is 1. The van der Waals surface area contributed by atoms with Gasteiger partial charge in [0.15, 0.2) is 11.6 Å². The van der Waals surface area contributed by atoms with Crippen molar-refractivity contribution in [3.63, 3.8) is 0 Å². The first kappa shape index (κ1) is 12.0. The highest BCUT2D eigenvalue weighted by atomic mass is 19.2. The minimum Gasteiger partial charge on any atom is -0.478 e. The fraction of sp³-hybridized carbons (Fsp3) is 0.0909. The summed E-state index contributed by atoms with van der Waals surface area (Å²) in [6, 6.07) is 1.39. The van der Waals surface area contributed by atoms with Gasteiger partial charge in [-0.3, -0.25) is 0 Å². The van der Waals surface area contributed by atoms with Crippen LogP contribution >= 0.6 is 0 Å². The molecule has 0 atom stereocenters. The molecule has 0 saturated heterocycles. The molecular weight excluding hydrogens is 218 g/mol. The van der Waals surface area contributed by atoms with Gasteiger partial charge in [-0.25, -0.2) is 13.6 Å². The summed E-state index contributed by atoms with van der Waals surface area (Å²) < 4.78 is 25.6. The fourth-order valence-electron chi connectivity index (χ4n) is 1.14. The number of carbonyl (C=O) groups is 2.